The smallest absolute Gasteiger partial charge is 0.0562 e. The van der Waals surface area contributed by atoms with Gasteiger partial charge in [0.05, 0.1) is 33.1 Å². The van der Waals surface area contributed by atoms with Crippen molar-refractivity contribution in [3.8, 4) is 17.1 Å². The van der Waals surface area contributed by atoms with Crippen LogP contribution in [0.5, 0.6) is 0 Å². The van der Waals surface area contributed by atoms with E-state index in [0.717, 1.165) is 11.4 Å². The number of rotatable bonds is 3. The number of aromatic nitrogens is 3. The summed E-state index contributed by atoms with van der Waals surface area (Å²) in [5.74, 6) is 0. The average Bonchev–Trinajstić information content (AvgIpc) is 3.74. The summed E-state index contributed by atoms with van der Waals surface area (Å²) in [5.41, 5.74) is 10.7. The monoisotopic (exact) mass is 573 g/mol. The topological polar surface area (TPSA) is 14.8 Å². The minimum absolute atomic E-state index is 1.16. The molecule has 3 nitrogen and oxygen atoms in total. The van der Waals surface area contributed by atoms with E-state index in [1.165, 1.54) is 71.1 Å². The lowest BCUT2D eigenvalue weighted by molar-refractivity contribution is 1.15. The van der Waals surface area contributed by atoms with Crippen molar-refractivity contribution in [1.82, 2.24) is 13.7 Å². The molecule has 0 saturated carbocycles. The zero-order chi connectivity index (χ0) is 29.5. The van der Waals surface area contributed by atoms with E-state index < -0.39 is 0 Å². The van der Waals surface area contributed by atoms with E-state index in [1.807, 2.05) is 0 Å². The average molecular weight is 574 g/mol. The summed E-state index contributed by atoms with van der Waals surface area (Å²) in [7, 11) is 0. The number of hydrogen-bond acceptors (Lipinski definition) is 0. The third-order valence-electron chi connectivity index (χ3n) is 9.42. The molecule has 0 aliphatic carbocycles. The van der Waals surface area contributed by atoms with Gasteiger partial charge in [0.1, 0.15) is 0 Å². The van der Waals surface area contributed by atoms with Crippen LogP contribution in [0.25, 0.3) is 82.5 Å². The van der Waals surface area contributed by atoms with Crippen molar-refractivity contribution in [1.29, 1.82) is 0 Å². The normalized spacial score (nSPS) is 12.0. The van der Waals surface area contributed by atoms with Gasteiger partial charge >= 0.3 is 0 Å². The van der Waals surface area contributed by atoms with Crippen LogP contribution in [0.4, 0.5) is 0 Å². The number of nitrogens with zero attached hydrogens (tertiary/aromatic N) is 3. The molecule has 0 aliphatic heterocycles. The third-order valence-corrected chi connectivity index (χ3v) is 9.42. The molecule has 10 rings (SSSR count). The summed E-state index contributed by atoms with van der Waals surface area (Å²) in [5, 5.41) is 7.63. The van der Waals surface area contributed by atoms with Crippen LogP contribution in [0.3, 0.4) is 0 Å². The van der Waals surface area contributed by atoms with Crippen LogP contribution in [0.2, 0.25) is 0 Å². The second-order valence-electron chi connectivity index (χ2n) is 11.8. The molecule has 210 valence electrons. The SMILES string of the molecule is c1ccc(-n2c3ccccc3c3c4c5ccc(-n6c7ccccc7c7ccccc76)cc5n(-c5ccccc5)c4ccc32)cc1. The molecule has 0 bridgehead atoms. The summed E-state index contributed by atoms with van der Waals surface area (Å²) in [6.07, 6.45) is 0. The molecular formula is C42H27N3. The first kappa shape index (κ1) is 24.4. The summed E-state index contributed by atoms with van der Waals surface area (Å²) in [6, 6.07) is 59.4. The molecule has 0 fully saturated rings. The van der Waals surface area contributed by atoms with Gasteiger partial charge in [0.25, 0.3) is 0 Å². The molecule has 3 heteroatoms. The largest absolute Gasteiger partial charge is 0.309 e. The van der Waals surface area contributed by atoms with E-state index in [9.17, 15) is 0 Å². The van der Waals surface area contributed by atoms with Crippen LogP contribution in [0.15, 0.2) is 164 Å². The molecule has 0 atom stereocenters. The van der Waals surface area contributed by atoms with E-state index in [-0.39, 0.29) is 0 Å². The number of fused-ring (bicyclic) bond motifs is 10. The standard InChI is InChI=1S/C42H27N3/c1-3-13-28(14-4-1)43-37-22-12-9-19-33(37)41-38(43)25-26-39-42(41)34-24-23-30(27-40(34)44(39)29-15-5-2-6-16-29)45-35-20-10-7-17-31(35)32-18-8-11-21-36(32)45/h1-27H. The Morgan fingerprint density at radius 3 is 1.20 bits per heavy atom. The van der Waals surface area contributed by atoms with E-state index in [1.54, 1.807) is 0 Å². The molecule has 0 amide bonds. The Morgan fingerprint density at radius 2 is 0.644 bits per heavy atom. The van der Waals surface area contributed by atoms with Gasteiger partial charge in [-0.05, 0) is 66.7 Å². The molecule has 0 aliphatic rings. The van der Waals surface area contributed by atoms with Crippen LogP contribution in [-0.4, -0.2) is 13.7 Å². The maximum atomic E-state index is 2.44. The molecule has 0 unspecified atom stereocenters. The number of hydrogen-bond donors (Lipinski definition) is 0. The molecule has 3 heterocycles. The Morgan fingerprint density at radius 1 is 0.244 bits per heavy atom. The van der Waals surface area contributed by atoms with Crippen LogP contribution in [0, 0.1) is 0 Å². The second kappa shape index (κ2) is 9.22. The van der Waals surface area contributed by atoms with Crippen LogP contribution >= 0.6 is 0 Å². The molecule has 0 spiro atoms. The highest BCUT2D eigenvalue weighted by molar-refractivity contribution is 6.29. The van der Waals surface area contributed by atoms with E-state index in [0.29, 0.717) is 0 Å². The van der Waals surface area contributed by atoms with Crippen molar-refractivity contribution >= 4 is 65.4 Å². The van der Waals surface area contributed by atoms with E-state index in [4.69, 9.17) is 0 Å². The molecular weight excluding hydrogens is 546 g/mol. The summed E-state index contributed by atoms with van der Waals surface area (Å²) < 4.78 is 7.26. The maximum absolute atomic E-state index is 2.44. The highest BCUT2D eigenvalue weighted by Crippen LogP contribution is 2.43. The molecule has 0 N–H and O–H groups in total. The quantitative estimate of drug-likeness (QED) is 0.200. The van der Waals surface area contributed by atoms with Gasteiger partial charge in [-0.1, -0.05) is 97.1 Å². The van der Waals surface area contributed by atoms with Crippen molar-refractivity contribution in [2.45, 2.75) is 0 Å². The molecule has 10 aromatic rings. The fraction of sp³-hybridized carbons (Fsp3) is 0. The van der Waals surface area contributed by atoms with Crippen molar-refractivity contribution in [3.05, 3.63) is 164 Å². The van der Waals surface area contributed by atoms with Crippen LogP contribution in [0.1, 0.15) is 0 Å². The lowest BCUT2D eigenvalue weighted by Crippen LogP contribution is -1.96. The van der Waals surface area contributed by atoms with Gasteiger partial charge in [0, 0.05) is 49.4 Å². The first-order valence-corrected chi connectivity index (χ1v) is 15.5. The number of para-hydroxylation sites is 5. The minimum Gasteiger partial charge on any atom is -0.309 e. The van der Waals surface area contributed by atoms with E-state index in [2.05, 4.69) is 177 Å². The van der Waals surface area contributed by atoms with Crippen molar-refractivity contribution < 1.29 is 0 Å². The second-order valence-corrected chi connectivity index (χ2v) is 11.8. The van der Waals surface area contributed by atoms with Crippen LogP contribution in [-0.2, 0) is 0 Å². The Balaban J connectivity index is 1.37. The minimum atomic E-state index is 1.16. The first-order valence-electron chi connectivity index (χ1n) is 15.5. The summed E-state index contributed by atoms with van der Waals surface area (Å²) >= 11 is 0. The maximum Gasteiger partial charge on any atom is 0.0562 e. The zero-order valence-electron chi connectivity index (χ0n) is 24.4. The predicted octanol–water partition coefficient (Wildman–Crippen LogP) is 11.0. The highest BCUT2D eigenvalue weighted by Gasteiger charge is 2.21. The molecule has 45 heavy (non-hydrogen) atoms. The lowest BCUT2D eigenvalue weighted by atomic mass is 10.1. The Labute approximate surface area is 259 Å². The van der Waals surface area contributed by atoms with Gasteiger partial charge in [-0.25, -0.2) is 0 Å². The van der Waals surface area contributed by atoms with Gasteiger partial charge in [-0.3, -0.25) is 0 Å². The predicted molar refractivity (Wildman–Crippen MR) is 189 cm³/mol. The van der Waals surface area contributed by atoms with Gasteiger partial charge in [0.15, 0.2) is 0 Å². The lowest BCUT2D eigenvalue weighted by Gasteiger charge is -2.11. The Hall–Kier alpha value is -6.06. The van der Waals surface area contributed by atoms with Gasteiger partial charge in [-0.2, -0.15) is 0 Å². The van der Waals surface area contributed by atoms with E-state index >= 15 is 0 Å². The van der Waals surface area contributed by atoms with Crippen molar-refractivity contribution in [3.63, 3.8) is 0 Å². The zero-order valence-corrected chi connectivity index (χ0v) is 24.4. The van der Waals surface area contributed by atoms with Crippen LogP contribution < -0.4 is 0 Å². The first-order chi connectivity index (χ1) is 22.4. The van der Waals surface area contributed by atoms with Gasteiger partial charge in [0.2, 0.25) is 0 Å². The van der Waals surface area contributed by atoms with Gasteiger partial charge in [-0.15, -0.1) is 0 Å². The van der Waals surface area contributed by atoms with Crippen molar-refractivity contribution in [2.24, 2.45) is 0 Å². The fourth-order valence-electron chi connectivity index (χ4n) is 7.60. The fourth-order valence-corrected chi connectivity index (χ4v) is 7.60. The molecule has 7 aromatic carbocycles. The molecule has 0 radical (unpaired) electrons. The Kier molecular flexibility index (Phi) is 5.00. The summed E-state index contributed by atoms with van der Waals surface area (Å²) in [6.45, 7) is 0. The third kappa shape index (κ3) is 3.35. The highest BCUT2D eigenvalue weighted by atomic mass is 15.0. The molecule has 3 aromatic heterocycles. The molecule has 0 saturated heterocycles. The van der Waals surface area contributed by atoms with Gasteiger partial charge < -0.3 is 13.7 Å². The summed E-state index contributed by atoms with van der Waals surface area (Å²) in [4.78, 5) is 0. The Bertz CT molecular complexity index is 2690. The number of benzene rings is 7. The van der Waals surface area contributed by atoms with Crippen molar-refractivity contribution in [2.75, 3.05) is 0 Å².